The van der Waals surface area contributed by atoms with E-state index in [0.717, 1.165) is 12.8 Å². The molecular weight excluding hydrogens is 185 g/mol. The van der Waals surface area contributed by atoms with Crippen LogP contribution in [0.1, 0.15) is 25.7 Å². The van der Waals surface area contributed by atoms with Crippen molar-refractivity contribution in [3.8, 4) is 0 Å². The van der Waals surface area contributed by atoms with Crippen LogP contribution in [0.25, 0.3) is 0 Å². The zero-order valence-electron chi connectivity index (χ0n) is 7.27. The van der Waals surface area contributed by atoms with Crippen LogP contribution >= 0.6 is 0 Å². The van der Waals surface area contributed by atoms with Gasteiger partial charge in [0.2, 0.25) is 0 Å². The van der Waals surface area contributed by atoms with Crippen molar-refractivity contribution in [2.24, 2.45) is 0 Å². The predicted molar refractivity (Wildman–Crippen MR) is 40.2 cm³/mol. The minimum absolute atomic E-state index is 0.0172. The fraction of sp³-hybridized carbons (Fsp3) is 1.00. The summed E-state index contributed by atoms with van der Waals surface area (Å²) in [7, 11) is 0. The topological polar surface area (TPSA) is 18.5 Å². The largest absolute Gasteiger partial charge is 0.389 e. The van der Waals surface area contributed by atoms with Crippen LogP contribution in [0.15, 0.2) is 0 Å². The first kappa shape index (κ1) is 10.8. The number of hydrogen-bond donors (Lipinski definition) is 0. The molecule has 0 saturated carbocycles. The fourth-order valence-electron chi connectivity index (χ4n) is 1.17. The standard InChI is InChI=1S/C8H13F3O2/c9-8(10,11)4-2-6-13-7-3-1-5-12-7/h7H,1-6H2. The van der Waals surface area contributed by atoms with Gasteiger partial charge in [0.15, 0.2) is 6.29 Å². The quantitative estimate of drug-likeness (QED) is 0.646. The summed E-state index contributed by atoms with van der Waals surface area (Å²) >= 11 is 0. The Morgan fingerprint density at radius 1 is 1.38 bits per heavy atom. The second kappa shape index (κ2) is 4.81. The van der Waals surface area contributed by atoms with Crippen LogP contribution in [0.5, 0.6) is 0 Å². The molecule has 0 aromatic carbocycles. The summed E-state index contributed by atoms with van der Waals surface area (Å²) < 4.78 is 45.2. The van der Waals surface area contributed by atoms with E-state index in [1.165, 1.54) is 0 Å². The highest BCUT2D eigenvalue weighted by Gasteiger charge is 2.26. The molecule has 5 heteroatoms. The SMILES string of the molecule is FC(F)(F)CCCOC1CCCO1. The monoisotopic (exact) mass is 198 g/mol. The molecular formula is C8H13F3O2. The molecule has 1 heterocycles. The van der Waals surface area contributed by atoms with Crippen LogP contribution < -0.4 is 0 Å². The summed E-state index contributed by atoms with van der Waals surface area (Å²) in [6.07, 6.45) is -3.37. The van der Waals surface area contributed by atoms with E-state index in [2.05, 4.69) is 0 Å². The first-order valence-corrected chi connectivity index (χ1v) is 4.38. The molecule has 1 aliphatic rings. The molecule has 0 N–H and O–H groups in total. The van der Waals surface area contributed by atoms with Gasteiger partial charge in [0.1, 0.15) is 0 Å². The molecule has 0 amide bonds. The normalized spacial score (nSPS) is 23.8. The molecule has 1 atom stereocenters. The number of rotatable bonds is 4. The Morgan fingerprint density at radius 2 is 2.15 bits per heavy atom. The van der Waals surface area contributed by atoms with E-state index in [-0.39, 0.29) is 19.3 Å². The zero-order valence-corrected chi connectivity index (χ0v) is 7.27. The van der Waals surface area contributed by atoms with Crippen molar-refractivity contribution in [3.63, 3.8) is 0 Å². The third-order valence-electron chi connectivity index (χ3n) is 1.80. The van der Waals surface area contributed by atoms with E-state index in [9.17, 15) is 13.2 Å². The lowest BCUT2D eigenvalue weighted by molar-refractivity contribution is -0.148. The Morgan fingerprint density at radius 3 is 2.69 bits per heavy atom. The van der Waals surface area contributed by atoms with Crippen molar-refractivity contribution < 1.29 is 22.6 Å². The average molecular weight is 198 g/mol. The van der Waals surface area contributed by atoms with Gasteiger partial charge in [0.05, 0.1) is 6.61 Å². The molecule has 1 saturated heterocycles. The summed E-state index contributed by atoms with van der Waals surface area (Å²) in [5, 5.41) is 0. The molecule has 1 unspecified atom stereocenters. The molecule has 2 nitrogen and oxygen atoms in total. The lowest BCUT2D eigenvalue weighted by Crippen LogP contribution is -2.14. The molecule has 0 bridgehead atoms. The summed E-state index contributed by atoms with van der Waals surface area (Å²) in [5.74, 6) is 0. The zero-order chi connectivity index (χ0) is 9.73. The Balaban J connectivity index is 1.94. The number of hydrogen-bond acceptors (Lipinski definition) is 2. The summed E-state index contributed by atoms with van der Waals surface area (Å²) in [4.78, 5) is 0. The predicted octanol–water partition coefficient (Wildman–Crippen LogP) is 2.48. The van der Waals surface area contributed by atoms with Gasteiger partial charge in [-0.3, -0.25) is 0 Å². The van der Waals surface area contributed by atoms with Gasteiger partial charge in [0, 0.05) is 19.4 Å². The average Bonchev–Trinajstić information content (AvgIpc) is 2.48. The van der Waals surface area contributed by atoms with Gasteiger partial charge in [-0.2, -0.15) is 13.2 Å². The van der Waals surface area contributed by atoms with Crippen LogP contribution in [-0.2, 0) is 9.47 Å². The second-order valence-corrected chi connectivity index (χ2v) is 3.03. The molecule has 1 rings (SSSR count). The minimum Gasteiger partial charge on any atom is -0.353 e. The van der Waals surface area contributed by atoms with Gasteiger partial charge >= 0.3 is 6.18 Å². The van der Waals surface area contributed by atoms with E-state index in [4.69, 9.17) is 9.47 Å². The third-order valence-corrected chi connectivity index (χ3v) is 1.80. The lowest BCUT2D eigenvalue weighted by atomic mass is 10.3. The van der Waals surface area contributed by atoms with Gasteiger partial charge in [-0.1, -0.05) is 0 Å². The van der Waals surface area contributed by atoms with E-state index in [1.807, 2.05) is 0 Å². The molecule has 0 spiro atoms. The van der Waals surface area contributed by atoms with Crippen LogP contribution in [0, 0.1) is 0 Å². The maximum atomic E-state index is 11.7. The van der Waals surface area contributed by atoms with Gasteiger partial charge in [-0.05, 0) is 12.8 Å². The molecule has 78 valence electrons. The Kier molecular flexibility index (Phi) is 3.99. The van der Waals surface area contributed by atoms with Crippen molar-refractivity contribution in [1.29, 1.82) is 0 Å². The lowest BCUT2D eigenvalue weighted by Gasteiger charge is -2.11. The summed E-state index contributed by atoms with van der Waals surface area (Å²) in [6, 6.07) is 0. The Labute approximate surface area is 75.0 Å². The highest BCUT2D eigenvalue weighted by molar-refractivity contribution is 4.55. The van der Waals surface area contributed by atoms with Crippen molar-refractivity contribution in [1.82, 2.24) is 0 Å². The van der Waals surface area contributed by atoms with Crippen LogP contribution in [0.3, 0.4) is 0 Å². The van der Waals surface area contributed by atoms with E-state index >= 15 is 0 Å². The van der Waals surface area contributed by atoms with E-state index < -0.39 is 12.6 Å². The van der Waals surface area contributed by atoms with Gasteiger partial charge < -0.3 is 9.47 Å². The van der Waals surface area contributed by atoms with Crippen molar-refractivity contribution >= 4 is 0 Å². The summed E-state index contributed by atoms with van der Waals surface area (Å²) in [5.41, 5.74) is 0. The molecule has 1 aliphatic heterocycles. The first-order valence-electron chi connectivity index (χ1n) is 4.38. The maximum absolute atomic E-state index is 11.7. The number of alkyl halides is 3. The summed E-state index contributed by atoms with van der Waals surface area (Å²) in [6.45, 7) is 0.786. The molecule has 0 radical (unpaired) electrons. The maximum Gasteiger partial charge on any atom is 0.389 e. The van der Waals surface area contributed by atoms with Gasteiger partial charge in [-0.15, -0.1) is 0 Å². The minimum atomic E-state index is -4.07. The molecule has 0 aromatic heterocycles. The van der Waals surface area contributed by atoms with Gasteiger partial charge in [-0.25, -0.2) is 0 Å². The molecule has 13 heavy (non-hydrogen) atoms. The van der Waals surface area contributed by atoms with E-state index in [1.54, 1.807) is 0 Å². The van der Waals surface area contributed by atoms with Crippen molar-refractivity contribution in [2.75, 3.05) is 13.2 Å². The third kappa shape index (κ3) is 5.10. The van der Waals surface area contributed by atoms with Crippen LogP contribution in [-0.4, -0.2) is 25.7 Å². The Bertz CT molecular complexity index is 141. The van der Waals surface area contributed by atoms with Crippen LogP contribution in [0.2, 0.25) is 0 Å². The smallest absolute Gasteiger partial charge is 0.353 e. The number of halogens is 3. The fourth-order valence-corrected chi connectivity index (χ4v) is 1.17. The van der Waals surface area contributed by atoms with E-state index in [0.29, 0.717) is 6.61 Å². The molecule has 1 fully saturated rings. The molecule has 0 aliphatic carbocycles. The second-order valence-electron chi connectivity index (χ2n) is 3.03. The van der Waals surface area contributed by atoms with Crippen molar-refractivity contribution in [3.05, 3.63) is 0 Å². The first-order chi connectivity index (χ1) is 6.08. The van der Waals surface area contributed by atoms with Gasteiger partial charge in [0.25, 0.3) is 0 Å². The molecule has 0 aromatic rings. The number of ether oxygens (including phenoxy) is 2. The highest BCUT2D eigenvalue weighted by atomic mass is 19.4. The Hall–Kier alpha value is -0.290. The highest BCUT2D eigenvalue weighted by Crippen LogP contribution is 2.21. The van der Waals surface area contributed by atoms with Crippen LogP contribution in [0.4, 0.5) is 13.2 Å². The van der Waals surface area contributed by atoms with Crippen molar-refractivity contribution in [2.45, 2.75) is 38.1 Å².